The molecule has 0 radical (unpaired) electrons. The summed E-state index contributed by atoms with van der Waals surface area (Å²) in [6.07, 6.45) is 0. The van der Waals surface area contributed by atoms with E-state index in [-0.39, 0.29) is 12.0 Å². The van der Waals surface area contributed by atoms with Gasteiger partial charge in [-0.25, -0.2) is 9.78 Å². The second-order valence-electron chi connectivity index (χ2n) is 6.49. The number of rotatable bonds is 3. The first-order chi connectivity index (χ1) is 12.6. The van der Waals surface area contributed by atoms with Gasteiger partial charge in [-0.2, -0.15) is 0 Å². The predicted molar refractivity (Wildman–Crippen MR) is 102 cm³/mol. The molecule has 1 aliphatic heterocycles. The summed E-state index contributed by atoms with van der Waals surface area (Å²) in [7, 11) is 0. The van der Waals surface area contributed by atoms with Gasteiger partial charge in [-0.05, 0) is 38.5 Å². The lowest BCUT2D eigenvalue weighted by Gasteiger charge is -2.30. The summed E-state index contributed by atoms with van der Waals surface area (Å²) >= 11 is 0. The molecule has 4 rings (SSSR count). The molecule has 0 fully saturated rings. The van der Waals surface area contributed by atoms with Gasteiger partial charge in [0.25, 0.3) is 0 Å². The fourth-order valence-corrected chi connectivity index (χ4v) is 3.50. The molecule has 3 aromatic rings. The molecule has 2 aromatic carbocycles. The molecule has 0 bridgehead atoms. The molecule has 0 saturated carbocycles. The summed E-state index contributed by atoms with van der Waals surface area (Å²) in [4.78, 5) is 17.5. The molecule has 5 heteroatoms. The van der Waals surface area contributed by atoms with E-state index < -0.39 is 0 Å². The van der Waals surface area contributed by atoms with Crippen LogP contribution in [0.3, 0.4) is 0 Å². The highest BCUT2D eigenvalue weighted by atomic mass is 16.5. The smallest absolute Gasteiger partial charge is 0.338 e. The summed E-state index contributed by atoms with van der Waals surface area (Å²) in [5, 5.41) is 3.28. The number of imidazole rings is 1. The van der Waals surface area contributed by atoms with Crippen LogP contribution >= 0.6 is 0 Å². The minimum absolute atomic E-state index is 0.279. The van der Waals surface area contributed by atoms with Crippen LogP contribution in [0.4, 0.5) is 5.95 Å². The van der Waals surface area contributed by atoms with Gasteiger partial charge >= 0.3 is 5.97 Å². The fourth-order valence-electron chi connectivity index (χ4n) is 3.50. The monoisotopic (exact) mass is 347 g/mol. The molecule has 1 N–H and O–H groups in total. The van der Waals surface area contributed by atoms with E-state index in [1.54, 1.807) is 0 Å². The van der Waals surface area contributed by atoms with Crippen molar-refractivity contribution in [2.75, 3.05) is 11.9 Å². The Morgan fingerprint density at radius 3 is 2.62 bits per heavy atom. The van der Waals surface area contributed by atoms with Crippen LogP contribution in [0.1, 0.15) is 31.0 Å². The van der Waals surface area contributed by atoms with E-state index >= 15 is 0 Å². The normalized spacial score (nSPS) is 16.3. The number of anilines is 1. The highest BCUT2D eigenvalue weighted by molar-refractivity contribution is 5.94. The van der Waals surface area contributed by atoms with Gasteiger partial charge in [0.1, 0.15) is 0 Å². The lowest BCUT2D eigenvalue weighted by atomic mass is 9.94. The summed E-state index contributed by atoms with van der Waals surface area (Å²) in [6.45, 7) is 6.12. The molecule has 0 amide bonds. The summed E-state index contributed by atoms with van der Waals surface area (Å²) in [5.41, 5.74) is 5.48. The van der Waals surface area contributed by atoms with Crippen LogP contribution in [-0.4, -0.2) is 22.1 Å². The number of hydrogen-bond acceptors (Lipinski definition) is 4. The van der Waals surface area contributed by atoms with Crippen LogP contribution in [0.5, 0.6) is 0 Å². The Morgan fingerprint density at radius 1 is 1.15 bits per heavy atom. The number of nitrogens with zero attached hydrogens (tertiary/aromatic N) is 2. The van der Waals surface area contributed by atoms with E-state index in [0.29, 0.717) is 12.2 Å². The molecular formula is C21H21N3O2. The number of aromatic nitrogens is 2. The number of hydrogen-bond donors (Lipinski definition) is 1. The van der Waals surface area contributed by atoms with E-state index in [1.807, 2.05) is 38.1 Å². The number of carbonyl (C=O) groups excluding carboxylic acids is 1. The first-order valence-corrected chi connectivity index (χ1v) is 8.78. The van der Waals surface area contributed by atoms with Gasteiger partial charge in [-0.3, -0.25) is 4.57 Å². The van der Waals surface area contributed by atoms with Crippen LogP contribution in [0, 0.1) is 6.92 Å². The number of nitrogens with one attached hydrogen (secondary N) is 1. The average molecular weight is 347 g/mol. The number of para-hydroxylation sites is 2. The molecule has 0 spiro atoms. The molecule has 0 unspecified atom stereocenters. The number of ether oxygens (including phenoxy) is 1. The quantitative estimate of drug-likeness (QED) is 0.722. The maximum atomic E-state index is 12.8. The minimum Gasteiger partial charge on any atom is -0.463 e. The predicted octanol–water partition coefficient (Wildman–Crippen LogP) is 4.20. The maximum Gasteiger partial charge on any atom is 0.338 e. The SMILES string of the molecule is CCOC(=O)C1=C(C)Nc2nc3ccccc3n2[C@@H]1c1ccc(C)cc1. The molecular weight excluding hydrogens is 326 g/mol. The number of carbonyl (C=O) groups is 1. The average Bonchev–Trinajstić information content (AvgIpc) is 2.99. The Kier molecular flexibility index (Phi) is 3.99. The fraction of sp³-hybridized carbons (Fsp3) is 0.238. The van der Waals surface area contributed by atoms with Gasteiger partial charge in [-0.1, -0.05) is 42.0 Å². The molecule has 26 heavy (non-hydrogen) atoms. The largest absolute Gasteiger partial charge is 0.463 e. The lowest BCUT2D eigenvalue weighted by molar-refractivity contribution is -0.139. The zero-order chi connectivity index (χ0) is 18.3. The Labute approximate surface area is 152 Å². The van der Waals surface area contributed by atoms with Crippen molar-refractivity contribution in [2.45, 2.75) is 26.8 Å². The van der Waals surface area contributed by atoms with E-state index in [0.717, 1.165) is 28.2 Å². The number of allylic oxidation sites excluding steroid dienone is 1. The molecule has 0 saturated heterocycles. The third kappa shape index (κ3) is 2.56. The highest BCUT2D eigenvalue weighted by Crippen LogP contribution is 2.39. The van der Waals surface area contributed by atoms with Crippen molar-refractivity contribution in [1.29, 1.82) is 0 Å². The van der Waals surface area contributed by atoms with Gasteiger partial charge in [0.05, 0.1) is 29.3 Å². The van der Waals surface area contributed by atoms with Gasteiger partial charge in [0, 0.05) is 5.70 Å². The Bertz CT molecular complexity index is 1020. The van der Waals surface area contributed by atoms with E-state index in [4.69, 9.17) is 9.72 Å². The first-order valence-electron chi connectivity index (χ1n) is 8.78. The van der Waals surface area contributed by atoms with Crippen LogP contribution in [-0.2, 0) is 9.53 Å². The third-order valence-electron chi connectivity index (χ3n) is 4.72. The van der Waals surface area contributed by atoms with E-state index in [9.17, 15) is 4.79 Å². The van der Waals surface area contributed by atoms with Gasteiger partial charge in [0.2, 0.25) is 5.95 Å². The topological polar surface area (TPSA) is 56.1 Å². The van der Waals surface area contributed by atoms with Crippen molar-refractivity contribution in [3.8, 4) is 0 Å². The molecule has 5 nitrogen and oxygen atoms in total. The Morgan fingerprint density at radius 2 is 1.88 bits per heavy atom. The summed E-state index contributed by atoms with van der Waals surface area (Å²) in [6, 6.07) is 15.9. The van der Waals surface area contributed by atoms with Crippen LogP contribution in [0.15, 0.2) is 59.8 Å². The molecule has 1 atom stereocenters. The molecule has 2 heterocycles. The van der Waals surface area contributed by atoms with Crippen molar-refractivity contribution < 1.29 is 9.53 Å². The lowest BCUT2D eigenvalue weighted by Crippen LogP contribution is -2.29. The minimum atomic E-state index is -0.300. The van der Waals surface area contributed by atoms with Gasteiger partial charge in [-0.15, -0.1) is 0 Å². The zero-order valence-corrected chi connectivity index (χ0v) is 15.1. The van der Waals surface area contributed by atoms with Crippen molar-refractivity contribution in [2.24, 2.45) is 0 Å². The summed E-state index contributed by atoms with van der Waals surface area (Å²) in [5.74, 6) is 0.439. The number of esters is 1. The van der Waals surface area contributed by atoms with E-state index in [1.165, 1.54) is 5.56 Å². The van der Waals surface area contributed by atoms with Crippen molar-refractivity contribution >= 4 is 23.0 Å². The van der Waals surface area contributed by atoms with Crippen LogP contribution < -0.4 is 5.32 Å². The standard InChI is InChI=1S/C21H21N3O2/c1-4-26-20(25)18-14(3)22-21-23-16-7-5-6-8-17(16)24(21)19(18)15-11-9-13(2)10-12-15/h5-12,19H,4H2,1-3H3,(H,22,23)/t19-/m1/s1. The second kappa shape index (κ2) is 6.33. The van der Waals surface area contributed by atoms with Crippen LogP contribution in [0.25, 0.3) is 11.0 Å². The van der Waals surface area contributed by atoms with Crippen molar-refractivity contribution in [3.05, 3.63) is 70.9 Å². The highest BCUT2D eigenvalue weighted by Gasteiger charge is 2.34. The number of aryl methyl sites for hydroxylation is 1. The molecule has 132 valence electrons. The Balaban J connectivity index is 1.97. The van der Waals surface area contributed by atoms with Crippen molar-refractivity contribution in [3.63, 3.8) is 0 Å². The van der Waals surface area contributed by atoms with Crippen LogP contribution in [0.2, 0.25) is 0 Å². The maximum absolute atomic E-state index is 12.8. The van der Waals surface area contributed by atoms with Gasteiger partial charge < -0.3 is 10.1 Å². The van der Waals surface area contributed by atoms with Crippen molar-refractivity contribution in [1.82, 2.24) is 9.55 Å². The Hall–Kier alpha value is -3.08. The summed E-state index contributed by atoms with van der Waals surface area (Å²) < 4.78 is 7.44. The number of fused-ring (bicyclic) bond motifs is 3. The zero-order valence-electron chi connectivity index (χ0n) is 15.1. The van der Waals surface area contributed by atoms with Gasteiger partial charge in [0.15, 0.2) is 0 Å². The first kappa shape index (κ1) is 16.4. The third-order valence-corrected chi connectivity index (χ3v) is 4.72. The molecule has 0 aliphatic carbocycles. The van der Waals surface area contributed by atoms with E-state index in [2.05, 4.69) is 41.1 Å². The second-order valence-corrected chi connectivity index (χ2v) is 6.49. The molecule has 1 aromatic heterocycles. The number of benzene rings is 2. The molecule has 1 aliphatic rings.